The summed E-state index contributed by atoms with van der Waals surface area (Å²) >= 11 is 0. The number of aromatic nitrogens is 1. The molecule has 0 saturated carbocycles. The SMILES string of the molecule is O[B]Oc1ccc2cccnc2c1. The smallest absolute Gasteiger partial charge is 0.537 e. The Labute approximate surface area is 76.3 Å². The van der Waals surface area contributed by atoms with Crippen LogP contribution < -0.4 is 4.65 Å². The minimum atomic E-state index is 0.578. The van der Waals surface area contributed by atoms with Crippen molar-refractivity contribution in [1.29, 1.82) is 0 Å². The zero-order valence-corrected chi connectivity index (χ0v) is 6.84. The van der Waals surface area contributed by atoms with Gasteiger partial charge in [0.1, 0.15) is 5.75 Å². The van der Waals surface area contributed by atoms with Gasteiger partial charge in [0.05, 0.1) is 5.52 Å². The first kappa shape index (κ1) is 8.07. The molecule has 1 radical (unpaired) electrons. The van der Waals surface area contributed by atoms with E-state index in [-0.39, 0.29) is 0 Å². The Morgan fingerprint density at radius 3 is 3.08 bits per heavy atom. The molecular weight excluding hydrogens is 165 g/mol. The van der Waals surface area contributed by atoms with Crippen LogP contribution in [0.1, 0.15) is 0 Å². The quantitative estimate of drug-likeness (QED) is 0.690. The lowest BCUT2D eigenvalue weighted by molar-refractivity contribution is 0.454. The molecule has 0 unspecified atom stereocenters. The third-order valence-corrected chi connectivity index (χ3v) is 1.77. The van der Waals surface area contributed by atoms with Crippen molar-refractivity contribution in [2.75, 3.05) is 0 Å². The molecule has 1 heterocycles. The molecule has 0 amide bonds. The van der Waals surface area contributed by atoms with Crippen LogP contribution in [-0.2, 0) is 0 Å². The number of nitrogens with zero attached hydrogens (tertiary/aromatic N) is 1. The zero-order valence-electron chi connectivity index (χ0n) is 6.84. The molecule has 1 aromatic carbocycles. The van der Waals surface area contributed by atoms with E-state index in [1.54, 1.807) is 18.3 Å². The Kier molecular flexibility index (Phi) is 2.14. The molecule has 0 saturated heterocycles. The molecule has 2 rings (SSSR count). The minimum Gasteiger partial charge on any atom is -0.537 e. The van der Waals surface area contributed by atoms with Gasteiger partial charge in [0.15, 0.2) is 0 Å². The molecule has 13 heavy (non-hydrogen) atoms. The topological polar surface area (TPSA) is 42.4 Å². The number of hydrogen-bond donors (Lipinski definition) is 1. The Hall–Kier alpha value is -1.55. The van der Waals surface area contributed by atoms with Crippen LogP contribution in [0.3, 0.4) is 0 Å². The zero-order chi connectivity index (χ0) is 9.10. The number of benzene rings is 1. The molecule has 0 fully saturated rings. The summed E-state index contributed by atoms with van der Waals surface area (Å²) in [7, 11) is 0.657. The van der Waals surface area contributed by atoms with Crippen molar-refractivity contribution in [3.63, 3.8) is 0 Å². The van der Waals surface area contributed by atoms with Crippen molar-refractivity contribution < 1.29 is 9.68 Å². The van der Waals surface area contributed by atoms with Gasteiger partial charge in [-0.2, -0.15) is 0 Å². The summed E-state index contributed by atoms with van der Waals surface area (Å²) in [5.74, 6) is 0.578. The fraction of sp³-hybridized carbons (Fsp3) is 0. The Bertz CT molecular complexity index is 419. The summed E-state index contributed by atoms with van der Waals surface area (Å²) in [5, 5.41) is 9.47. The molecule has 63 valence electrons. The summed E-state index contributed by atoms with van der Waals surface area (Å²) in [6, 6.07) is 9.27. The molecule has 0 atom stereocenters. The van der Waals surface area contributed by atoms with Crippen molar-refractivity contribution in [2.24, 2.45) is 0 Å². The van der Waals surface area contributed by atoms with Crippen LogP contribution in [0.5, 0.6) is 5.75 Å². The average Bonchev–Trinajstić information content (AvgIpc) is 2.18. The molecule has 0 aliphatic carbocycles. The van der Waals surface area contributed by atoms with Gasteiger partial charge in [-0.3, -0.25) is 4.98 Å². The van der Waals surface area contributed by atoms with Crippen molar-refractivity contribution in [2.45, 2.75) is 0 Å². The van der Waals surface area contributed by atoms with Gasteiger partial charge in [0, 0.05) is 17.6 Å². The van der Waals surface area contributed by atoms with Crippen LogP contribution >= 0.6 is 0 Å². The maximum atomic E-state index is 8.42. The lowest BCUT2D eigenvalue weighted by Crippen LogP contribution is -1.99. The van der Waals surface area contributed by atoms with Gasteiger partial charge >= 0.3 is 7.69 Å². The highest BCUT2D eigenvalue weighted by Crippen LogP contribution is 2.17. The second kappa shape index (κ2) is 3.45. The Balaban J connectivity index is 2.49. The number of pyridine rings is 1. The predicted octanol–water partition coefficient (Wildman–Crippen LogP) is 1.14. The van der Waals surface area contributed by atoms with Gasteiger partial charge in [0.25, 0.3) is 0 Å². The number of fused-ring (bicyclic) bond motifs is 1. The van der Waals surface area contributed by atoms with E-state index in [4.69, 9.17) is 9.68 Å². The summed E-state index contributed by atoms with van der Waals surface area (Å²) < 4.78 is 4.80. The first-order valence-corrected chi connectivity index (χ1v) is 3.87. The molecular formula is C9H7BNO2. The highest BCUT2D eigenvalue weighted by molar-refractivity contribution is 6.17. The minimum absolute atomic E-state index is 0.578. The monoisotopic (exact) mass is 172 g/mol. The number of hydrogen-bond acceptors (Lipinski definition) is 3. The molecule has 4 heteroatoms. The van der Waals surface area contributed by atoms with Crippen molar-refractivity contribution >= 4 is 18.6 Å². The maximum absolute atomic E-state index is 8.42. The highest BCUT2D eigenvalue weighted by atomic mass is 16.5. The van der Waals surface area contributed by atoms with Crippen molar-refractivity contribution in [3.05, 3.63) is 36.5 Å². The summed E-state index contributed by atoms with van der Waals surface area (Å²) in [5.41, 5.74) is 0.849. The van der Waals surface area contributed by atoms with E-state index < -0.39 is 0 Å². The second-order valence-corrected chi connectivity index (χ2v) is 2.58. The van der Waals surface area contributed by atoms with Crippen LogP contribution in [0, 0.1) is 0 Å². The van der Waals surface area contributed by atoms with E-state index in [1.807, 2.05) is 18.2 Å². The molecule has 0 spiro atoms. The van der Waals surface area contributed by atoms with Crippen LogP contribution in [0.15, 0.2) is 36.5 Å². The van der Waals surface area contributed by atoms with Crippen LogP contribution in [-0.4, -0.2) is 17.7 Å². The van der Waals surface area contributed by atoms with Gasteiger partial charge in [-0.15, -0.1) is 0 Å². The standard InChI is InChI=1S/C9H7BNO2/c12-10-13-8-4-3-7-2-1-5-11-9(7)6-8/h1-6,12H. The van der Waals surface area contributed by atoms with E-state index in [9.17, 15) is 0 Å². The van der Waals surface area contributed by atoms with Gasteiger partial charge in [-0.25, -0.2) is 0 Å². The van der Waals surface area contributed by atoms with Crippen molar-refractivity contribution in [1.82, 2.24) is 4.98 Å². The highest BCUT2D eigenvalue weighted by Gasteiger charge is 1.97. The van der Waals surface area contributed by atoms with Gasteiger partial charge in [-0.1, -0.05) is 6.07 Å². The van der Waals surface area contributed by atoms with E-state index in [0.717, 1.165) is 10.9 Å². The average molecular weight is 172 g/mol. The summed E-state index contributed by atoms with van der Waals surface area (Å²) in [6.07, 6.45) is 1.72. The molecule has 0 bridgehead atoms. The molecule has 3 nitrogen and oxygen atoms in total. The molecule has 0 aliphatic rings. The van der Waals surface area contributed by atoms with Gasteiger partial charge in [0.2, 0.25) is 0 Å². The lowest BCUT2D eigenvalue weighted by Gasteiger charge is -2.01. The third kappa shape index (κ3) is 1.62. The fourth-order valence-electron chi connectivity index (χ4n) is 1.18. The fourth-order valence-corrected chi connectivity index (χ4v) is 1.18. The summed E-state index contributed by atoms with van der Waals surface area (Å²) in [4.78, 5) is 4.15. The Morgan fingerprint density at radius 1 is 1.31 bits per heavy atom. The normalized spacial score (nSPS) is 9.92. The van der Waals surface area contributed by atoms with E-state index in [0.29, 0.717) is 13.4 Å². The van der Waals surface area contributed by atoms with E-state index >= 15 is 0 Å². The van der Waals surface area contributed by atoms with Crippen LogP contribution in [0.2, 0.25) is 0 Å². The molecule has 1 aromatic heterocycles. The van der Waals surface area contributed by atoms with Crippen LogP contribution in [0.4, 0.5) is 0 Å². The third-order valence-electron chi connectivity index (χ3n) is 1.77. The van der Waals surface area contributed by atoms with Crippen molar-refractivity contribution in [3.8, 4) is 5.75 Å². The number of rotatable bonds is 2. The lowest BCUT2D eigenvalue weighted by atomic mass is 10.2. The molecule has 2 aromatic rings. The summed E-state index contributed by atoms with van der Waals surface area (Å²) in [6.45, 7) is 0. The largest absolute Gasteiger partial charge is 0.569 e. The van der Waals surface area contributed by atoms with Gasteiger partial charge in [-0.05, 0) is 18.2 Å². The first-order valence-electron chi connectivity index (χ1n) is 3.87. The molecule has 0 aliphatic heterocycles. The maximum Gasteiger partial charge on any atom is 0.569 e. The Morgan fingerprint density at radius 2 is 2.23 bits per heavy atom. The van der Waals surface area contributed by atoms with Gasteiger partial charge < -0.3 is 9.68 Å². The first-order chi connectivity index (χ1) is 6.40. The van der Waals surface area contributed by atoms with E-state index in [2.05, 4.69) is 4.98 Å². The molecule has 1 N–H and O–H groups in total. The van der Waals surface area contributed by atoms with E-state index in [1.165, 1.54) is 0 Å². The second-order valence-electron chi connectivity index (χ2n) is 2.58. The van der Waals surface area contributed by atoms with Crippen LogP contribution in [0.25, 0.3) is 10.9 Å². The predicted molar refractivity (Wildman–Crippen MR) is 50.3 cm³/mol.